The Labute approximate surface area is 249 Å². The van der Waals surface area contributed by atoms with Crippen molar-refractivity contribution in [3.63, 3.8) is 0 Å². The van der Waals surface area contributed by atoms with Gasteiger partial charge in [0.1, 0.15) is 6.10 Å². The summed E-state index contributed by atoms with van der Waals surface area (Å²) < 4.78 is 12.4. The van der Waals surface area contributed by atoms with E-state index in [4.69, 9.17) is 42.6 Å². The number of aliphatic carboxylic acids is 1. The Kier molecular flexibility index (Phi) is 10.4. The summed E-state index contributed by atoms with van der Waals surface area (Å²) in [4.78, 5) is 14.9. The van der Waals surface area contributed by atoms with E-state index in [1.165, 1.54) is 27.1 Å². The van der Waals surface area contributed by atoms with Crippen LogP contribution in [0, 0.1) is 13.8 Å². The first-order valence-electron chi connectivity index (χ1n) is 12.9. The van der Waals surface area contributed by atoms with Gasteiger partial charge < -0.3 is 14.6 Å². The lowest BCUT2D eigenvalue weighted by molar-refractivity contribution is -0.134. The predicted octanol–water partition coefficient (Wildman–Crippen LogP) is 8.61. The van der Waals surface area contributed by atoms with Gasteiger partial charge >= 0.3 is 0 Å². The van der Waals surface area contributed by atoms with Gasteiger partial charge in [-0.3, -0.25) is 4.79 Å². The molecule has 0 amide bonds. The Morgan fingerprint density at radius 2 is 1.92 bits per heavy atom. The van der Waals surface area contributed by atoms with Gasteiger partial charge in [-0.25, -0.2) is 4.98 Å². The van der Waals surface area contributed by atoms with Crippen LogP contribution >= 0.6 is 46.7 Å². The minimum atomic E-state index is -0.833. The molecular formula is C30H33Cl2NO4S2. The topological polar surface area (TPSA) is 68.7 Å². The summed E-state index contributed by atoms with van der Waals surface area (Å²) in [6.07, 6.45) is 7.97. The lowest BCUT2D eigenvalue weighted by Gasteiger charge is -2.21. The normalized spacial score (nSPS) is 15.3. The average Bonchev–Trinajstić information content (AvgIpc) is 3.54. The van der Waals surface area contributed by atoms with Gasteiger partial charge in [0.15, 0.2) is 5.75 Å². The average molecular weight is 607 g/mol. The molecule has 2 heterocycles. The molecule has 2 aromatic carbocycles. The Morgan fingerprint density at radius 1 is 1.21 bits per heavy atom. The number of carboxylic acids is 1. The summed E-state index contributed by atoms with van der Waals surface area (Å²) >= 11 is 17.3. The number of ether oxygens (including phenoxy) is 2. The molecule has 1 atom stereocenters. The summed E-state index contributed by atoms with van der Waals surface area (Å²) in [6, 6.07) is 8.55. The minimum Gasteiger partial charge on any atom is -0.490 e. The summed E-state index contributed by atoms with van der Waals surface area (Å²) in [5.41, 5.74) is 8.14. The van der Waals surface area contributed by atoms with Crippen LogP contribution in [0.1, 0.15) is 53.7 Å². The first kappa shape index (κ1) is 29.9. The van der Waals surface area contributed by atoms with Crippen molar-refractivity contribution < 1.29 is 19.4 Å². The van der Waals surface area contributed by atoms with E-state index in [2.05, 4.69) is 49.4 Å². The van der Waals surface area contributed by atoms with Crippen molar-refractivity contribution in [2.45, 2.75) is 57.5 Å². The molecule has 1 N–H and O–H groups in total. The smallest absolute Gasteiger partial charge is 0.300 e. The van der Waals surface area contributed by atoms with E-state index >= 15 is 0 Å². The van der Waals surface area contributed by atoms with Crippen LogP contribution in [0.2, 0.25) is 10.0 Å². The number of aryl methyl sites for hydroxylation is 1. The van der Waals surface area contributed by atoms with Gasteiger partial charge in [-0.1, -0.05) is 41.4 Å². The standard InChI is InChI=1S/C28H29Cl2NO2S2.C2H4O2/c1-16-25(17(2)27(30)28(26(16)29)32-11-5-12-34-3)21-7-4-6-20-19(21)8-9-22(20)33-24-14-23-18(15-31-24)10-13-35-23;1-2(3)4/h4,6-7,14-15,22H,5,8-13H2,1-3H3;1H3,(H,3,4). The van der Waals surface area contributed by atoms with Gasteiger partial charge in [-0.15, -0.1) is 11.8 Å². The SMILES string of the molecule is CC(=O)O.CSCCCOc1c(Cl)c(C)c(-c2cccc3c2CCC3Oc2cc3c(cn2)CCS3)c(C)c1Cl. The highest BCUT2D eigenvalue weighted by molar-refractivity contribution is 7.99. The van der Waals surface area contributed by atoms with E-state index in [-0.39, 0.29) is 6.10 Å². The third-order valence-electron chi connectivity index (χ3n) is 6.84. The molecule has 1 aromatic heterocycles. The van der Waals surface area contributed by atoms with E-state index in [9.17, 15) is 0 Å². The first-order chi connectivity index (χ1) is 18.7. The van der Waals surface area contributed by atoms with E-state index in [1.807, 2.05) is 18.0 Å². The number of rotatable bonds is 8. The fraction of sp³-hybridized carbons (Fsp3) is 0.400. The lowest BCUT2D eigenvalue weighted by Crippen LogP contribution is -2.05. The highest BCUT2D eigenvalue weighted by Crippen LogP contribution is 2.48. The maximum absolute atomic E-state index is 9.00. The highest BCUT2D eigenvalue weighted by atomic mass is 35.5. The lowest BCUT2D eigenvalue weighted by atomic mass is 9.90. The molecule has 0 spiro atoms. The molecule has 2 aliphatic rings. The molecule has 9 heteroatoms. The van der Waals surface area contributed by atoms with E-state index < -0.39 is 5.97 Å². The molecule has 1 aliphatic heterocycles. The molecule has 1 unspecified atom stereocenters. The number of carbonyl (C=O) groups is 1. The number of benzene rings is 2. The molecule has 0 bridgehead atoms. The van der Waals surface area contributed by atoms with E-state index in [0.717, 1.165) is 60.8 Å². The highest BCUT2D eigenvalue weighted by Gasteiger charge is 2.29. The largest absolute Gasteiger partial charge is 0.490 e. The molecule has 1 aliphatic carbocycles. The van der Waals surface area contributed by atoms with Gasteiger partial charge in [0.25, 0.3) is 5.97 Å². The van der Waals surface area contributed by atoms with Crippen LogP contribution in [-0.2, 0) is 17.6 Å². The van der Waals surface area contributed by atoms with Crippen molar-refractivity contribution in [1.29, 1.82) is 0 Å². The zero-order chi connectivity index (χ0) is 28.1. The quantitative estimate of drug-likeness (QED) is 0.258. The maximum atomic E-state index is 9.00. The van der Waals surface area contributed by atoms with Crippen molar-refractivity contribution in [3.8, 4) is 22.8 Å². The fourth-order valence-electron chi connectivity index (χ4n) is 5.07. The number of thioether (sulfide) groups is 2. The third-order valence-corrected chi connectivity index (χ3v) is 9.55. The molecule has 5 nitrogen and oxygen atoms in total. The number of pyridine rings is 1. The van der Waals surface area contributed by atoms with E-state index in [0.29, 0.717) is 28.3 Å². The van der Waals surface area contributed by atoms with Crippen molar-refractivity contribution in [2.24, 2.45) is 0 Å². The number of carboxylic acid groups (broad SMARTS) is 1. The molecule has 208 valence electrons. The first-order valence-corrected chi connectivity index (χ1v) is 16.1. The predicted molar refractivity (Wildman–Crippen MR) is 164 cm³/mol. The molecule has 0 fully saturated rings. The van der Waals surface area contributed by atoms with Crippen molar-refractivity contribution in [3.05, 3.63) is 68.3 Å². The second-order valence-corrected chi connectivity index (χ2v) is 12.4. The number of halogens is 2. The van der Waals surface area contributed by atoms with Crippen LogP contribution in [0.15, 0.2) is 35.4 Å². The zero-order valence-corrected chi connectivity index (χ0v) is 25.8. The monoisotopic (exact) mass is 605 g/mol. The van der Waals surface area contributed by atoms with Crippen molar-refractivity contribution in [2.75, 3.05) is 24.4 Å². The molecule has 0 saturated heterocycles. The van der Waals surface area contributed by atoms with Crippen LogP contribution < -0.4 is 9.47 Å². The Balaban J connectivity index is 0.000000826. The van der Waals surface area contributed by atoms with Crippen molar-refractivity contribution >= 4 is 52.7 Å². The number of hydrogen-bond donors (Lipinski definition) is 1. The van der Waals surface area contributed by atoms with Crippen molar-refractivity contribution in [1.82, 2.24) is 4.98 Å². The van der Waals surface area contributed by atoms with Crippen LogP contribution in [0.25, 0.3) is 11.1 Å². The van der Waals surface area contributed by atoms with Gasteiger partial charge in [-0.05, 0) is 90.5 Å². The van der Waals surface area contributed by atoms with Crippen LogP contribution in [0.5, 0.6) is 11.6 Å². The maximum Gasteiger partial charge on any atom is 0.300 e. The minimum absolute atomic E-state index is 0.00694. The Bertz CT molecular complexity index is 1330. The molecular weight excluding hydrogens is 573 g/mol. The van der Waals surface area contributed by atoms with Crippen LogP contribution in [0.3, 0.4) is 0 Å². The molecule has 0 radical (unpaired) electrons. The summed E-state index contributed by atoms with van der Waals surface area (Å²) in [7, 11) is 0. The van der Waals surface area contributed by atoms with Gasteiger partial charge in [0.05, 0.1) is 16.7 Å². The second-order valence-electron chi connectivity index (χ2n) is 9.54. The Morgan fingerprint density at radius 3 is 2.62 bits per heavy atom. The number of aromatic nitrogens is 1. The number of hydrogen-bond acceptors (Lipinski definition) is 6. The summed E-state index contributed by atoms with van der Waals surface area (Å²) in [5.74, 6) is 2.65. The zero-order valence-electron chi connectivity index (χ0n) is 22.6. The molecule has 3 aromatic rings. The molecule has 5 rings (SSSR count). The van der Waals surface area contributed by atoms with Crippen LogP contribution in [0.4, 0.5) is 0 Å². The van der Waals surface area contributed by atoms with Gasteiger partial charge in [0, 0.05) is 29.8 Å². The van der Waals surface area contributed by atoms with E-state index in [1.54, 1.807) is 11.8 Å². The third kappa shape index (κ3) is 6.82. The van der Waals surface area contributed by atoms with Gasteiger partial charge in [-0.2, -0.15) is 11.8 Å². The molecule has 0 saturated carbocycles. The fourth-order valence-corrected chi connectivity index (χ4v) is 7.08. The number of fused-ring (bicyclic) bond motifs is 2. The van der Waals surface area contributed by atoms with Gasteiger partial charge in [0.2, 0.25) is 5.88 Å². The molecule has 39 heavy (non-hydrogen) atoms. The number of nitrogens with zero attached hydrogens (tertiary/aromatic N) is 1. The summed E-state index contributed by atoms with van der Waals surface area (Å²) in [5, 5.41) is 8.62. The van der Waals surface area contributed by atoms with Crippen LogP contribution in [-0.4, -0.2) is 40.4 Å². The summed E-state index contributed by atoms with van der Waals surface area (Å²) in [6.45, 7) is 5.81. The second kappa shape index (κ2) is 13.5. The Hall–Kier alpha value is -2.06.